The molecule has 2 heterocycles. The Morgan fingerprint density at radius 1 is 1.18 bits per heavy atom. The van der Waals surface area contributed by atoms with Gasteiger partial charge in [0.15, 0.2) is 0 Å². The third-order valence-electron chi connectivity index (χ3n) is 9.47. The maximum Gasteiger partial charge on any atom is 0.254 e. The molecule has 0 radical (unpaired) electrons. The normalized spacial score (nSPS) is 36.9. The molecule has 4 bridgehead atoms. The van der Waals surface area contributed by atoms with E-state index in [0.717, 1.165) is 57.1 Å². The molecule has 34 heavy (non-hydrogen) atoms. The van der Waals surface area contributed by atoms with Crippen molar-refractivity contribution < 1.29 is 14.7 Å². The zero-order valence-corrected chi connectivity index (χ0v) is 20.1. The molecule has 3 atom stereocenters. The maximum absolute atomic E-state index is 13.5. The van der Waals surface area contributed by atoms with Gasteiger partial charge in [0.1, 0.15) is 0 Å². The van der Waals surface area contributed by atoms with Crippen LogP contribution >= 0.6 is 0 Å². The van der Waals surface area contributed by atoms with Crippen molar-refractivity contribution in [1.29, 1.82) is 0 Å². The highest BCUT2D eigenvalue weighted by atomic mass is 16.3. The van der Waals surface area contributed by atoms with Gasteiger partial charge >= 0.3 is 0 Å². The molecule has 7 rings (SSSR count). The van der Waals surface area contributed by atoms with E-state index in [1.807, 2.05) is 7.05 Å². The van der Waals surface area contributed by atoms with Gasteiger partial charge < -0.3 is 20.6 Å². The van der Waals surface area contributed by atoms with Crippen LogP contribution in [0.15, 0.2) is 6.20 Å². The minimum Gasteiger partial charge on any atom is -0.390 e. The molecule has 8 nitrogen and oxygen atoms in total. The van der Waals surface area contributed by atoms with Crippen LogP contribution in [0.3, 0.4) is 0 Å². The molecule has 1 aromatic heterocycles. The molecule has 5 saturated carbocycles. The lowest BCUT2D eigenvalue weighted by Crippen LogP contribution is -2.61. The molecular formula is C26H37N5O3. The summed E-state index contributed by atoms with van der Waals surface area (Å²) in [6.07, 6.45) is 12.4. The van der Waals surface area contributed by atoms with Crippen LogP contribution in [0.4, 0.5) is 5.95 Å². The van der Waals surface area contributed by atoms with Crippen molar-refractivity contribution in [3.63, 3.8) is 0 Å². The lowest BCUT2D eigenvalue weighted by Gasteiger charge is -2.58. The first-order valence-corrected chi connectivity index (χ1v) is 13.3. The van der Waals surface area contributed by atoms with Crippen LogP contribution < -0.4 is 10.6 Å². The molecule has 2 amide bonds. The second-order valence-corrected chi connectivity index (χ2v) is 11.7. The standard InChI is InChI=1S/C26H37N5O3/c1-31-19(6-7-21(31)32)13-27-25-28-14-20(23(30-25)16-4-2-3-5-16)24(33)29-22-17-8-15-9-18(22)12-26(34,10-15)11-17/h14-19,22,34H,2-13H2,1H3,(H,29,33)(H,27,28,30)/t15?,17?,18?,19-,22-,26+/m1/s1. The average Bonchev–Trinajstić information content (AvgIpc) is 3.44. The van der Waals surface area contributed by atoms with Crippen molar-refractivity contribution in [3.05, 3.63) is 17.5 Å². The fraction of sp³-hybridized carbons (Fsp3) is 0.769. The summed E-state index contributed by atoms with van der Waals surface area (Å²) < 4.78 is 0. The van der Waals surface area contributed by atoms with Gasteiger partial charge in [0.2, 0.25) is 11.9 Å². The Morgan fingerprint density at radius 3 is 2.56 bits per heavy atom. The molecule has 1 aliphatic heterocycles. The van der Waals surface area contributed by atoms with Gasteiger partial charge in [0, 0.05) is 44.2 Å². The zero-order chi connectivity index (χ0) is 23.4. The highest BCUT2D eigenvalue weighted by Gasteiger charge is 2.55. The first kappa shape index (κ1) is 22.3. The van der Waals surface area contributed by atoms with E-state index in [2.05, 4.69) is 15.6 Å². The molecule has 6 fully saturated rings. The Balaban J connectivity index is 1.19. The smallest absolute Gasteiger partial charge is 0.254 e. The van der Waals surface area contributed by atoms with E-state index in [0.29, 0.717) is 48.1 Å². The van der Waals surface area contributed by atoms with Crippen LogP contribution in [0.2, 0.25) is 0 Å². The number of nitrogens with zero attached hydrogens (tertiary/aromatic N) is 3. The van der Waals surface area contributed by atoms with Crippen molar-refractivity contribution in [3.8, 4) is 0 Å². The molecule has 1 aromatic rings. The Labute approximate surface area is 201 Å². The minimum atomic E-state index is -0.499. The summed E-state index contributed by atoms with van der Waals surface area (Å²) >= 11 is 0. The third-order valence-corrected chi connectivity index (χ3v) is 9.47. The molecule has 8 heteroatoms. The fourth-order valence-electron chi connectivity index (χ4n) is 7.92. The molecule has 3 N–H and O–H groups in total. The summed E-state index contributed by atoms with van der Waals surface area (Å²) in [6.45, 7) is 0.618. The molecule has 2 unspecified atom stereocenters. The molecule has 5 aliphatic carbocycles. The molecular weight excluding hydrogens is 430 g/mol. The summed E-state index contributed by atoms with van der Waals surface area (Å²) in [6, 6.07) is 0.301. The van der Waals surface area contributed by atoms with Crippen molar-refractivity contribution in [2.45, 2.75) is 94.2 Å². The zero-order valence-electron chi connectivity index (χ0n) is 20.1. The number of carbonyl (C=O) groups is 2. The first-order chi connectivity index (χ1) is 16.4. The van der Waals surface area contributed by atoms with Crippen molar-refractivity contribution in [2.24, 2.45) is 17.8 Å². The predicted octanol–water partition coefficient (Wildman–Crippen LogP) is 2.84. The SMILES string of the molecule is CN1C(=O)CC[C@@H]1CNc1ncc(C(=O)N[C@H]2C3CC4CC2C[C@@](O)(C4)C3)c(C2CCCC2)n1. The molecule has 0 aromatic carbocycles. The summed E-state index contributed by atoms with van der Waals surface area (Å²) in [5.74, 6) is 2.34. The monoisotopic (exact) mass is 467 g/mol. The van der Waals surface area contributed by atoms with Crippen LogP contribution in [-0.2, 0) is 4.79 Å². The Bertz CT molecular complexity index is 961. The van der Waals surface area contributed by atoms with E-state index in [4.69, 9.17) is 4.98 Å². The number of anilines is 1. The molecule has 1 saturated heterocycles. The number of aliphatic hydroxyl groups is 1. The van der Waals surface area contributed by atoms with Gasteiger partial charge in [-0.05, 0) is 69.1 Å². The van der Waals surface area contributed by atoms with E-state index in [-0.39, 0.29) is 23.9 Å². The van der Waals surface area contributed by atoms with Crippen LogP contribution in [0.5, 0.6) is 0 Å². The maximum atomic E-state index is 13.5. The molecule has 0 spiro atoms. The topological polar surface area (TPSA) is 107 Å². The number of likely N-dealkylation sites (N-methyl/N-ethyl adjacent to an activating group) is 1. The van der Waals surface area contributed by atoms with Gasteiger partial charge in [-0.15, -0.1) is 0 Å². The van der Waals surface area contributed by atoms with Crippen LogP contribution in [0, 0.1) is 17.8 Å². The quantitative estimate of drug-likeness (QED) is 0.594. The molecule has 6 aliphatic rings. The number of amides is 2. The van der Waals surface area contributed by atoms with E-state index in [1.165, 1.54) is 12.8 Å². The van der Waals surface area contributed by atoms with Gasteiger partial charge in [-0.25, -0.2) is 9.97 Å². The lowest BCUT2D eigenvalue weighted by atomic mass is 9.52. The number of hydrogen-bond acceptors (Lipinski definition) is 6. The Hall–Kier alpha value is -2.22. The number of likely N-dealkylation sites (tertiary alicyclic amines) is 1. The van der Waals surface area contributed by atoms with Crippen molar-refractivity contribution in [2.75, 3.05) is 18.9 Å². The van der Waals surface area contributed by atoms with E-state index < -0.39 is 5.60 Å². The van der Waals surface area contributed by atoms with Crippen molar-refractivity contribution in [1.82, 2.24) is 20.2 Å². The predicted molar refractivity (Wildman–Crippen MR) is 127 cm³/mol. The number of nitrogens with one attached hydrogen (secondary N) is 2. The van der Waals surface area contributed by atoms with Crippen LogP contribution in [-0.4, -0.2) is 63.1 Å². The summed E-state index contributed by atoms with van der Waals surface area (Å²) in [5, 5.41) is 17.6. The Morgan fingerprint density at radius 2 is 1.91 bits per heavy atom. The third kappa shape index (κ3) is 3.97. The number of rotatable bonds is 6. The summed E-state index contributed by atoms with van der Waals surface area (Å²) in [5.41, 5.74) is 0.977. The highest BCUT2D eigenvalue weighted by molar-refractivity contribution is 5.95. The lowest BCUT2D eigenvalue weighted by molar-refractivity contribution is -0.137. The van der Waals surface area contributed by atoms with Crippen molar-refractivity contribution >= 4 is 17.8 Å². The summed E-state index contributed by atoms with van der Waals surface area (Å²) in [4.78, 5) is 36.5. The average molecular weight is 468 g/mol. The van der Waals surface area contributed by atoms with Gasteiger partial charge in [0.05, 0.1) is 16.9 Å². The number of hydrogen-bond donors (Lipinski definition) is 3. The Kier molecular flexibility index (Phi) is 5.54. The summed E-state index contributed by atoms with van der Waals surface area (Å²) in [7, 11) is 1.85. The van der Waals surface area contributed by atoms with E-state index in [9.17, 15) is 14.7 Å². The van der Waals surface area contributed by atoms with Crippen LogP contribution in [0.25, 0.3) is 0 Å². The first-order valence-electron chi connectivity index (χ1n) is 13.3. The largest absolute Gasteiger partial charge is 0.390 e. The fourth-order valence-corrected chi connectivity index (χ4v) is 7.92. The van der Waals surface area contributed by atoms with Gasteiger partial charge in [-0.3, -0.25) is 9.59 Å². The van der Waals surface area contributed by atoms with Gasteiger partial charge in [-0.2, -0.15) is 0 Å². The van der Waals surface area contributed by atoms with Gasteiger partial charge in [-0.1, -0.05) is 12.8 Å². The molecule has 184 valence electrons. The highest BCUT2D eigenvalue weighted by Crippen LogP contribution is 2.55. The number of aromatic nitrogens is 2. The second kappa shape index (κ2) is 8.47. The van der Waals surface area contributed by atoms with Crippen LogP contribution in [0.1, 0.15) is 92.6 Å². The number of carbonyl (C=O) groups excluding carboxylic acids is 2. The second-order valence-electron chi connectivity index (χ2n) is 11.7. The minimum absolute atomic E-state index is 0.0564. The van der Waals surface area contributed by atoms with E-state index in [1.54, 1.807) is 11.1 Å². The van der Waals surface area contributed by atoms with E-state index >= 15 is 0 Å². The van der Waals surface area contributed by atoms with Gasteiger partial charge in [0.25, 0.3) is 5.91 Å².